The van der Waals surface area contributed by atoms with Crippen molar-refractivity contribution in [2.75, 3.05) is 13.1 Å². The van der Waals surface area contributed by atoms with E-state index in [-0.39, 0.29) is 38.8 Å². The Morgan fingerprint density at radius 1 is 1.18 bits per heavy atom. The monoisotopic (exact) mass is 319 g/mol. The fourth-order valence-electron chi connectivity index (χ4n) is 3.39. The summed E-state index contributed by atoms with van der Waals surface area (Å²) >= 11 is 0. The summed E-state index contributed by atoms with van der Waals surface area (Å²) in [5.41, 5.74) is -1.43. The van der Waals surface area contributed by atoms with Gasteiger partial charge in [-0.3, -0.25) is 4.79 Å². The fraction of sp³-hybridized carbons (Fsp3) is 0.867. The van der Waals surface area contributed by atoms with Gasteiger partial charge in [-0.05, 0) is 33.6 Å². The molecule has 0 aromatic heterocycles. The van der Waals surface area contributed by atoms with Crippen LogP contribution in [0.5, 0.6) is 0 Å². The lowest BCUT2D eigenvalue weighted by Gasteiger charge is -2.39. The van der Waals surface area contributed by atoms with Crippen molar-refractivity contribution in [2.24, 2.45) is 11.3 Å². The molecule has 1 amide bonds. The summed E-state index contributed by atoms with van der Waals surface area (Å²) in [6.45, 7) is 5.39. The van der Waals surface area contributed by atoms with Crippen LogP contribution in [0.4, 0.5) is 13.6 Å². The van der Waals surface area contributed by atoms with E-state index >= 15 is 0 Å². The molecule has 2 rings (SSSR count). The van der Waals surface area contributed by atoms with Gasteiger partial charge in [0.15, 0.2) is 0 Å². The minimum Gasteiger partial charge on any atom is -0.481 e. The van der Waals surface area contributed by atoms with Crippen molar-refractivity contribution in [3.8, 4) is 0 Å². The number of carbonyl (C=O) groups is 2. The first-order chi connectivity index (χ1) is 9.94. The molecule has 1 heterocycles. The second-order valence-electron chi connectivity index (χ2n) is 7.47. The van der Waals surface area contributed by atoms with Gasteiger partial charge in [0.2, 0.25) is 5.92 Å². The molecule has 0 bridgehead atoms. The molecular formula is C15H23F2NO4. The molecule has 0 aromatic carbocycles. The Balaban J connectivity index is 2.14. The van der Waals surface area contributed by atoms with Crippen molar-refractivity contribution >= 4 is 12.1 Å². The average molecular weight is 319 g/mol. The third kappa shape index (κ3) is 3.50. The summed E-state index contributed by atoms with van der Waals surface area (Å²) in [5, 5.41) is 9.43. The zero-order valence-electron chi connectivity index (χ0n) is 13.2. The van der Waals surface area contributed by atoms with Crippen LogP contribution < -0.4 is 0 Å². The number of hydrogen-bond donors (Lipinski definition) is 1. The Hall–Kier alpha value is -1.40. The van der Waals surface area contributed by atoms with Gasteiger partial charge < -0.3 is 14.7 Å². The molecule has 22 heavy (non-hydrogen) atoms. The zero-order valence-corrected chi connectivity index (χ0v) is 13.2. The molecule has 1 saturated carbocycles. The molecule has 1 aliphatic heterocycles. The maximum Gasteiger partial charge on any atom is 0.410 e. The molecule has 2 aliphatic rings. The number of carboxylic acid groups (broad SMARTS) is 1. The number of carboxylic acids is 1. The van der Waals surface area contributed by atoms with E-state index in [1.807, 2.05) is 0 Å². The molecular weight excluding hydrogens is 296 g/mol. The van der Waals surface area contributed by atoms with Crippen molar-refractivity contribution in [1.82, 2.24) is 4.90 Å². The lowest BCUT2D eigenvalue weighted by Crippen LogP contribution is -2.42. The molecule has 7 heteroatoms. The van der Waals surface area contributed by atoms with Crippen LogP contribution in [0.25, 0.3) is 0 Å². The smallest absolute Gasteiger partial charge is 0.410 e. The van der Waals surface area contributed by atoms with Crippen LogP contribution in [-0.2, 0) is 9.53 Å². The van der Waals surface area contributed by atoms with E-state index in [0.717, 1.165) is 0 Å². The van der Waals surface area contributed by atoms with Gasteiger partial charge in [-0.1, -0.05) is 0 Å². The molecule has 5 nitrogen and oxygen atoms in total. The zero-order chi connectivity index (χ0) is 16.8. The quantitative estimate of drug-likeness (QED) is 0.806. The number of likely N-dealkylation sites (tertiary alicyclic amines) is 1. The lowest BCUT2D eigenvalue weighted by atomic mass is 9.67. The van der Waals surface area contributed by atoms with Gasteiger partial charge in [-0.15, -0.1) is 0 Å². The molecule has 1 atom stereocenters. The van der Waals surface area contributed by atoms with Gasteiger partial charge in [0.05, 0.1) is 5.92 Å². The van der Waals surface area contributed by atoms with E-state index in [9.17, 15) is 23.5 Å². The normalized spacial score (nSPS) is 27.0. The van der Waals surface area contributed by atoms with Crippen molar-refractivity contribution in [2.45, 2.75) is 58.0 Å². The Kier molecular flexibility index (Phi) is 4.13. The Morgan fingerprint density at radius 2 is 1.73 bits per heavy atom. The number of alkyl halides is 2. The Labute approximate surface area is 128 Å². The standard InChI is InChI=1S/C15H23F2NO4/c1-13(2,3)22-12(21)18-8-10(11(19)20)14(9-18)4-6-15(16,17)7-5-14/h10H,4-9H2,1-3H3,(H,19,20). The molecule has 126 valence electrons. The van der Waals surface area contributed by atoms with E-state index in [4.69, 9.17) is 4.74 Å². The molecule has 0 radical (unpaired) electrons. The molecule has 1 aliphatic carbocycles. The van der Waals surface area contributed by atoms with Crippen LogP contribution in [0.3, 0.4) is 0 Å². The van der Waals surface area contributed by atoms with Crippen LogP contribution in [0.2, 0.25) is 0 Å². The average Bonchev–Trinajstić information content (AvgIpc) is 2.72. The summed E-state index contributed by atoms with van der Waals surface area (Å²) in [6, 6.07) is 0. The molecule has 0 aromatic rings. The molecule has 1 unspecified atom stereocenters. The summed E-state index contributed by atoms with van der Waals surface area (Å²) in [7, 11) is 0. The Bertz CT molecular complexity index is 463. The summed E-state index contributed by atoms with van der Waals surface area (Å²) in [5.74, 6) is -4.57. The van der Waals surface area contributed by atoms with Crippen molar-refractivity contribution in [1.29, 1.82) is 0 Å². The van der Waals surface area contributed by atoms with E-state index in [1.54, 1.807) is 20.8 Å². The first-order valence-corrected chi connectivity index (χ1v) is 7.53. The number of rotatable bonds is 1. The predicted octanol–water partition coefficient (Wildman–Crippen LogP) is 3.13. The highest BCUT2D eigenvalue weighted by Gasteiger charge is 2.55. The van der Waals surface area contributed by atoms with Crippen molar-refractivity contribution in [3.05, 3.63) is 0 Å². The number of carbonyl (C=O) groups excluding carboxylic acids is 1. The summed E-state index contributed by atoms with van der Waals surface area (Å²) in [6.07, 6.45) is -0.974. The van der Waals surface area contributed by atoms with Gasteiger partial charge in [-0.2, -0.15) is 0 Å². The van der Waals surface area contributed by atoms with Gasteiger partial charge in [0.25, 0.3) is 0 Å². The molecule has 1 saturated heterocycles. The second-order valence-corrected chi connectivity index (χ2v) is 7.47. The van der Waals surface area contributed by atoms with Gasteiger partial charge in [-0.25, -0.2) is 13.6 Å². The minimum absolute atomic E-state index is 0.0236. The number of nitrogens with zero attached hydrogens (tertiary/aromatic N) is 1. The van der Waals surface area contributed by atoms with Crippen molar-refractivity contribution < 1.29 is 28.2 Å². The third-order valence-electron chi connectivity index (χ3n) is 4.58. The number of ether oxygens (including phenoxy) is 1. The van der Waals surface area contributed by atoms with Crippen LogP contribution in [-0.4, -0.2) is 46.7 Å². The summed E-state index contributed by atoms with van der Waals surface area (Å²) < 4.78 is 32.1. The van der Waals surface area contributed by atoms with E-state index in [1.165, 1.54) is 4.90 Å². The maximum atomic E-state index is 13.4. The minimum atomic E-state index is -2.73. The predicted molar refractivity (Wildman–Crippen MR) is 74.8 cm³/mol. The highest BCUT2D eigenvalue weighted by molar-refractivity contribution is 5.75. The van der Waals surface area contributed by atoms with Crippen molar-refractivity contribution in [3.63, 3.8) is 0 Å². The molecule has 1 N–H and O–H groups in total. The van der Waals surface area contributed by atoms with Crippen LogP contribution in [0.1, 0.15) is 46.5 Å². The van der Waals surface area contributed by atoms with Crippen LogP contribution >= 0.6 is 0 Å². The topological polar surface area (TPSA) is 66.8 Å². The van der Waals surface area contributed by atoms with Crippen LogP contribution in [0, 0.1) is 11.3 Å². The van der Waals surface area contributed by atoms with E-state index in [0.29, 0.717) is 0 Å². The van der Waals surface area contributed by atoms with Gasteiger partial charge in [0.1, 0.15) is 5.60 Å². The van der Waals surface area contributed by atoms with E-state index < -0.39 is 34.9 Å². The van der Waals surface area contributed by atoms with Gasteiger partial charge in [0, 0.05) is 31.3 Å². The third-order valence-corrected chi connectivity index (χ3v) is 4.58. The number of aliphatic carboxylic acids is 1. The first-order valence-electron chi connectivity index (χ1n) is 7.53. The number of hydrogen-bond acceptors (Lipinski definition) is 3. The highest BCUT2D eigenvalue weighted by atomic mass is 19.3. The lowest BCUT2D eigenvalue weighted by molar-refractivity contribution is -0.148. The Morgan fingerprint density at radius 3 is 2.18 bits per heavy atom. The second kappa shape index (κ2) is 5.35. The number of amides is 1. The van der Waals surface area contributed by atoms with Gasteiger partial charge >= 0.3 is 12.1 Å². The fourth-order valence-corrected chi connectivity index (χ4v) is 3.39. The maximum absolute atomic E-state index is 13.4. The largest absolute Gasteiger partial charge is 0.481 e. The highest BCUT2D eigenvalue weighted by Crippen LogP contribution is 2.51. The first kappa shape index (κ1) is 17.0. The summed E-state index contributed by atoms with van der Waals surface area (Å²) in [4.78, 5) is 25.0. The van der Waals surface area contributed by atoms with Crippen LogP contribution in [0.15, 0.2) is 0 Å². The SMILES string of the molecule is CC(C)(C)OC(=O)N1CC(C(=O)O)C2(CCC(F)(F)CC2)C1. The molecule has 2 fully saturated rings. The molecule has 1 spiro atoms. The van der Waals surface area contributed by atoms with E-state index in [2.05, 4.69) is 0 Å². The number of halogens is 2.